The molecule has 0 aromatic heterocycles. The molecule has 1 aliphatic carbocycles. The van der Waals surface area contributed by atoms with Gasteiger partial charge in [-0.2, -0.15) is 9.41 Å². The Kier molecular flexibility index (Phi) is 5.67. The Balaban J connectivity index is 1.28. The van der Waals surface area contributed by atoms with E-state index in [0.29, 0.717) is 43.3 Å². The summed E-state index contributed by atoms with van der Waals surface area (Å²) in [6, 6.07) is 17.6. The number of ketones is 1. The number of thiocarbonyl (C=S) groups is 1. The first-order valence-electron chi connectivity index (χ1n) is 10.3. The van der Waals surface area contributed by atoms with Crippen LogP contribution in [-0.2, 0) is 14.8 Å². The third-order valence-corrected chi connectivity index (χ3v) is 7.72. The minimum Gasteiger partial charge on any atom is -0.379 e. The van der Waals surface area contributed by atoms with Crippen molar-refractivity contribution in [3.8, 4) is 0 Å². The summed E-state index contributed by atoms with van der Waals surface area (Å²) in [7, 11) is -3.56. The van der Waals surface area contributed by atoms with E-state index in [-0.39, 0.29) is 15.8 Å². The summed E-state index contributed by atoms with van der Waals surface area (Å²) in [5.41, 5.74) is 5.01. The van der Waals surface area contributed by atoms with E-state index < -0.39 is 10.0 Å². The van der Waals surface area contributed by atoms with Crippen molar-refractivity contribution in [2.45, 2.75) is 4.90 Å². The van der Waals surface area contributed by atoms with Crippen molar-refractivity contribution in [2.24, 2.45) is 5.10 Å². The van der Waals surface area contributed by atoms with E-state index >= 15 is 0 Å². The maximum absolute atomic E-state index is 12.8. The van der Waals surface area contributed by atoms with E-state index in [9.17, 15) is 13.2 Å². The Hall–Kier alpha value is -3.18. The number of Topliss-reactive ketones (excluding diaryl/α,β-unsaturated/α-hetero) is 1. The van der Waals surface area contributed by atoms with Gasteiger partial charge in [-0.1, -0.05) is 36.4 Å². The SMILES string of the molecule is O=C1/C(=N/NC(=S)Nc2ccc(S(=O)(=O)N3CCOCC3)cc2)c2cccc3cccc1c23. The van der Waals surface area contributed by atoms with Gasteiger partial charge in [-0.3, -0.25) is 10.2 Å². The lowest BCUT2D eigenvalue weighted by Gasteiger charge is -2.26. The Labute approximate surface area is 196 Å². The first-order valence-corrected chi connectivity index (χ1v) is 12.2. The number of rotatable bonds is 4. The lowest BCUT2D eigenvalue weighted by atomic mass is 10.1. The van der Waals surface area contributed by atoms with Gasteiger partial charge in [-0.25, -0.2) is 8.42 Å². The van der Waals surface area contributed by atoms with Crippen LogP contribution in [0.15, 0.2) is 70.7 Å². The molecule has 0 atom stereocenters. The number of nitrogens with zero attached hydrogens (tertiary/aromatic N) is 2. The molecule has 168 valence electrons. The molecule has 10 heteroatoms. The molecule has 2 aliphatic rings. The molecule has 3 aromatic rings. The van der Waals surface area contributed by atoms with E-state index in [1.165, 1.54) is 16.4 Å². The van der Waals surface area contributed by atoms with Crippen molar-refractivity contribution in [3.63, 3.8) is 0 Å². The highest BCUT2D eigenvalue weighted by Crippen LogP contribution is 2.30. The second-order valence-electron chi connectivity index (χ2n) is 7.61. The largest absolute Gasteiger partial charge is 0.379 e. The van der Waals surface area contributed by atoms with Crippen LogP contribution in [0.25, 0.3) is 10.8 Å². The normalized spacial score (nSPS) is 17.5. The second kappa shape index (κ2) is 8.64. The molecule has 1 fully saturated rings. The van der Waals surface area contributed by atoms with Crippen molar-refractivity contribution in [1.29, 1.82) is 0 Å². The third-order valence-electron chi connectivity index (χ3n) is 5.61. The molecule has 33 heavy (non-hydrogen) atoms. The zero-order valence-electron chi connectivity index (χ0n) is 17.4. The van der Waals surface area contributed by atoms with Gasteiger partial charge in [0, 0.05) is 35.3 Å². The maximum atomic E-state index is 12.8. The van der Waals surface area contributed by atoms with Crippen molar-refractivity contribution < 1.29 is 17.9 Å². The molecule has 0 bridgehead atoms. The van der Waals surface area contributed by atoms with Gasteiger partial charge < -0.3 is 10.1 Å². The molecule has 1 saturated heterocycles. The summed E-state index contributed by atoms with van der Waals surface area (Å²) in [5, 5.41) is 9.27. The first kappa shape index (κ1) is 21.7. The average Bonchev–Trinajstić information content (AvgIpc) is 3.11. The van der Waals surface area contributed by atoms with E-state index in [0.717, 1.165) is 16.3 Å². The van der Waals surface area contributed by atoms with Gasteiger partial charge in [0.2, 0.25) is 15.8 Å². The summed E-state index contributed by atoms with van der Waals surface area (Å²) < 4.78 is 32.1. The van der Waals surface area contributed by atoms with Gasteiger partial charge in [0.25, 0.3) is 0 Å². The van der Waals surface area contributed by atoms with Crippen LogP contribution in [-0.4, -0.2) is 55.6 Å². The molecule has 2 N–H and O–H groups in total. The topological polar surface area (TPSA) is 100 Å². The molecule has 3 aromatic carbocycles. The predicted molar refractivity (Wildman–Crippen MR) is 130 cm³/mol. The standard InChI is InChI=1S/C23H20N4O4S2/c28-22-19-6-2-4-15-3-1-5-18(20(15)19)21(22)25-26-23(32)24-16-7-9-17(10-8-16)33(29,30)27-11-13-31-14-12-27/h1-10H,11-14H2,(H2,24,26,32)/b25-21+. The third kappa shape index (κ3) is 4.02. The second-order valence-corrected chi connectivity index (χ2v) is 9.95. The molecule has 1 aliphatic heterocycles. The zero-order valence-corrected chi connectivity index (χ0v) is 19.1. The van der Waals surface area contributed by atoms with Crippen LogP contribution < -0.4 is 10.7 Å². The molecule has 0 amide bonds. The number of carbonyl (C=O) groups excluding carboxylic acids is 1. The molecule has 0 saturated carbocycles. The molecule has 5 rings (SSSR count). The number of hydrogen-bond acceptors (Lipinski definition) is 6. The highest BCUT2D eigenvalue weighted by molar-refractivity contribution is 7.89. The van der Waals surface area contributed by atoms with E-state index in [4.69, 9.17) is 17.0 Å². The van der Waals surface area contributed by atoms with Crippen LogP contribution in [0.2, 0.25) is 0 Å². The number of sulfonamides is 1. The van der Waals surface area contributed by atoms with E-state index in [1.54, 1.807) is 18.2 Å². The number of hydrogen-bond donors (Lipinski definition) is 2. The van der Waals surface area contributed by atoms with Gasteiger partial charge in [-0.05, 0) is 41.9 Å². The fourth-order valence-electron chi connectivity index (χ4n) is 4.00. The first-order chi connectivity index (χ1) is 15.9. The number of ether oxygens (including phenoxy) is 1. The summed E-state index contributed by atoms with van der Waals surface area (Å²) in [6.45, 7) is 1.47. The average molecular weight is 481 g/mol. The molecular weight excluding hydrogens is 460 g/mol. The van der Waals surface area contributed by atoms with Crippen molar-refractivity contribution in [1.82, 2.24) is 9.73 Å². The molecule has 1 heterocycles. The monoisotopic (exact) mass is 480 g/mol. The number of nitrogens with one attached hydrogen (secondary N) is 2. The maximum Gasteiger partial charge on any atom is 0.243 e. The summed E-state index contributed by atoms with van der Waals surface area (Å²) in [6.07, 6.45) is 0. The molecule has 0 spiro atoms. The predicted octanol–water partition coefficient (Wildman–Crippen LogP) is 2.75. The Bertz CT molecular complexity index is 1390. The Morgan fingerprint density at radius 1 is 0.970 bits per heavy atom. The van der Waals surface area contributed by atoms with Crippen molar-refractivity contribution >= 4 is 55.3 Å². The summed E-state index contributed by atoms with van der Waals surface area (Å²) >= 11 is 5.30. The number of morpholine rings is 1. The fourth-order valence-corrected chi connectivity index (χ4v) is 5.57. The number of benzene rings is 3. The number of hydrazone groups is 1. The molecule has 0 unspecified atom stereocenters. The van der Waals surface area contributed by atoms with Crippen LogP contribution in [0.1, 0.15) is 15.9 Å². The number of anilines is 1. The van der Waals surface area contributed by atoms with Gasteiger partial charge in [-0.15, -0.1) is 0 Å². The lowest BCUT2D eigenvalue weighted by molar-refractivity contribution is 0.0730. The lowest BCUT2D eigenvalue weighted by Crippen LogP contribution is -2.40. The quantitative estimate of drug-likeness (QED) is 0.438. The van der Waals surface area contributed by atoms with Crippen LogP contribution >= 0.6 is 12.2 Å². The van der Waals surface area contributed by atoms with Gasteiger partial charge >= 0.3 is 0 Å². The highest BCUT2D eigenvalue weighted by atomic mass is 32.2. The molecule has 0 radical (unpaired) electrons. The van der Waals surface area contributed by atoms with Crippen LogP contribution in [0.4, 0.5) is 5.69 Å². The smallest absolute Gasteiger partial charge is 0.243 e. The van der Waals surface area contributed by atoms with E-state index in [2.05, 4.69) is 15.8 Å². The van der Waals surface area contributed by atoms with Crippen LogP contribution in [0, 0.1) is 0 Å². The van der Waals surface area contributed by atoms with Gasteiger partial charge in [0.1, 0.15) is 5.71 Å². The number of carbonyl (C=O) groups is 1. The molecular formula is C23H20N4O4S2. The minimum absolute atomic E-state index is 0.158. The summed E-state index contributed by atoms with van der Waals surface area (Å²) in [5.74, 6) is -0.158. The van der Waals surface area contributed by atoms with Crippen molar-refractivity contribution in [2.75, 3.05) is 31.6 Å². The van der Waals surface area contributed by atoms with Gasteiger partial charge in [0.05, 0.1) is 18.1 Å². The van der Waals surface area contributed by atoms with Crippen LogP contribution in [0.5, 0.6) is 0 Å². The Morgan fingerprint density at radius 2 is 1.64 bits per heavy atom. The summed E-state index contributed by atoms with van der Waals surface area (Å²) in [4.78, 5) is 13.0. The fraction of sp³-hybridized carbons (Fsp3) is 0.174. The minimum atomic E-state index is -3.56. The Morgan fingerprint density at radius 3 is 2.33 bits per heavy atom. The zero-order chi connectivity index (χ0) is 23.0. The molecule has 8 nitrogen and oxygen atoms in total. The highest BCUT2D eigenvalue weighted by Gasteiger charge is 2.29. The van der Waals surface area contributed by atoms with E-state index in [1.807, 2.05) is 30.3 Å². The van der Waals surface area contributed by atoms with Crippen molar-refractivity contribution in [3.05, 3.63) is 71.8 Å². The van der Waals surface area contributed by atoms with Crippen LogP contribution in [0.3, 0.4) is 0 Å². The van der Waals surface area contributed by atoms with Gasteiger partial charge in [0.15, 0.2) is 5.11 Å².